The highest BCUT2D eigenvalue weighted by Crippen LogP contribution is 2.25. The Bertz CT molecular complexity index is 1340. The number of amides is 1. The number of anilines is 1. The van der Waals surface area contributed by atoms with E-state index < -0.39 is 28.0 Å². The lowest BCUT2D eigenvalue weighted by Gasteiger charge is -2.27. The summed E-state index contributed by atoms with van der Waals surface area (Å²) >= 11 is 0. The predicted octanol–water partition coefficient (Wildman–Crippen LogP) is 2.99. The van der Waals surface area contributed by atoms with Crippen molar-refractivity contribution in [2.24, 2.45) is 0 Å². The molecule has 0 saturated carbocycles. The fourth-order valence-electron chi connectivity index (χ4n) is 3.94. The molecule has 3 aromatic rings. The number of esters is 1. The molecule has 1 atom stereocenters. The summed E-state index contributed by atoms with van der Waals surface area (Å²) < 4.78 is 38.2. The van der Waals surface area contributed by atoms with E-state index in [9.17, 15) is 18.0 Å². The van der Waals surface area contributed by atoms with Crippen molar-refractivity contribution in [1.82, 2.24) is 9.29 Å². The number of para-hydroxylation sites is 1. The van der Waals surface area contributed by atoms with Crippen LogP contribution < -0.4 is 5.32 Å². The van der Waals surface area contributed by atoms with E-state index in [1.165, 1.54) is 17.3 Å². The van der Waals surface area contributed by atoms with Crippen molar-refractivity contribution >= 4 is 38.5 Å². The van der Waals surface area contributed by atoms with Gasteiger partial charge in [0, 0.05) is 35.4 Å². The van der Waals surface area contributed by atoms with Gasteiger partial charge in [0.25, 0.3) is 5.91 Å². The molecule has 34 heavy (non-hydrogen) atoms. The first-order valence-electron chi connectivity index (χ1n) is 11.0. The average molecular weight is 486 g/mol. The molecule has 4 rings (SSSR count). The second-order valence-corrected chi connectivity index (χ2v) is 10.1. The van der Waals surface area contributed by atoms with E-state index in [1.807, 2.05) is 24.3 Å². The number of rotatable bonds is 6. The number of H-pyrrole nitrogens is 1. The Labute approximate surface area is 198 Å². The molecule has 1 aliphatic heterocycles. The number of nitrogens with zero attached hydrogens (tertiary/aromatic N) is 1. The van der Waals surface area contributed by atoms with Crippen molar-refractivity contribution in [2.45, 2.75) is 31.8 Å². The molecule has 2 heterocycles. The summed E-state index contributed by atoms with van der Waals surface area (Å²) in [5, 5.41) is 3.37. The Balaban J connectivity index is 1.48. The summed E-state index contributed by atoms with van der Waals surface area (Å²) in [7, 11) is -3.73. The summed E-state index contributed by atoms with van der Waals surface area (Å²) in [6.07, 6.45) is -1.10. The van der Waals surface area contributed by atoms with Crippen LogP contribution >= 0.6 is 0 Å². The Morgan fingerprint density at radius 3 is 2.56 bits per heavy atom. The molecular weight excluding hydrogens is 458 g/mol. The minimum atomic E-state index is -3.73. The number of benzene rings is 2. The first-order valence-corrected chi connectivity index (χ1v) is 12.4. The van der Waals surface area contributed by atoms with Crippen molar-refractivity contribution in [1.29, 1.82) is 0 Å². The van der Waals surface area contributed by atoms with Crippen LogP contribution in [0.1, 0.15) is 28.5 Å². The van der Waals surface area contributed by atoms with E-state index in [0.29, 0.717) is 41.1 Å². The number of hydrogen-bond donors (Lipinski definition) is 2. The molecule has 2 aromatic carbocycles. The minimum absolute atomic E-state index is 0.117. The van der Waals surface area contributed by atoms with Gasteiger partial charge in [-0.1, -0.05) is 24.3 Å². The lowest BCUT2D eigenvalue weighted by atomic mass is 10.1. The molecule has 9 nitrogen and oxygen atoms in total. The second-order valence-electron chi connectivity index (χ2n) is 8.20. The van der Waals surface area contributed by atoms with Crippen LogP contribution in [-0.4, -0.2) is 62.0 Å². The van der Waals surface area contributed by atoms with Gasteiger partial charge in [-0.3, -0.25) is 4.79 Å². The van der Waals surface area contributed by atoms with Crippen LogP contribution in [0.2, 0.25) is 0 Å². The van der Waals surface area contributed by atoms with Crippen LogP contribution in [0.4, 0.5) is 5.69 Å². The van der Waals surface area contributed by atoms with Gasteiger partial charge >= 0.3 is 5.97 Å². The molecular formula is C24H27N3O6S. The maximum atomic E-state index is 13.1. The Morgan fingerprint density at radius 1 is 1.12 bits per heavy atom. The summed E-state index contributed by atoms with van der Waals surface area (Å²) in [5.74, 6) is -1.18. The van der Waals surface area contributed by atoms with Crippen LogP contribution in [0.5, 0.6) is 0 Å². The Kier molecular flexibility index (Phi) is 6.74. The third-order valence-electron chi connectivity index (χ3n) is 5.79. The van der Waals surface area contributed by atoms with Crippen LogP contribution in [0, 0.1) is 13.8 Å². The third-order valence-corrected chi connectivity index (χ3v) is 7.83. The van der Waals surface area contributed by atoms with Gasteiger partial charge in [0.2, 0.25) is 10.0 Å². The molecule has 1 amide bonds. The smallest absolute Gasteiger partial charge is 0.341 e. The lowest BCUT2D eigenvalue weighted by Crippen LogP contribution is -2.40. The van der Waals surface area contributed by atoms with Crippen molar-refractivity contribution < 1.29 is 27.5 Å². The average Bonchev–Trinajstić information content (AvgIpc) is 3.16. The highest BCUT2D eigenvalue weighted by atomic mass is 32.2. The van der Waals surface area contributed by atoms with Crippen molar-refractivity contribution in [3.8, 4) is 0 Å². The van der Waals surface area contributed by atoms with Crippen molar-refractivity contribution in [3.63, 3.8) is 0 Å². The topological polar surface area (TPSA) is 118 Å². The second kappa shape index (κ2) is 9.57. The minimum Gasteiger partial charge on any atom is -0.449 e. The van der Waals surface area contributed by atoms with Gasteiger partial charge in [-0.15, -0.1) is 0 Å². The molecule has 1 fully saturated rings. The van der Waals surface area contributed by atoms with Gasteiger partial charge in [0.05, 0.1) is 23.7 Å². The van der Waals surface area contributed by atoms with E-state index in [-0.39, 0.29) is 18.0 Å². The number of carbonyl (C=O) groups is 2. The third kappa shape index (κ3) is 4.70. The number of aromatic amines is 1. The number of sulfonamides is 1. The molecule has 0 bridgehead atoms. The molecule has 180 valence electrons. The zero-order valence-corrected chi connectivity index (χ0v) is 20.1. The van der Waals surface area contributed by atoms with Gasteiger partial charge in [0.1, 0.15) is 0 Å². The van der Waals surface area contributed by atoms with E-state index in [0.717, 1.165) is 5.52 Å². The molecule has 0 aliphatic carbocycles. The van der Waals surface area contributed by atoms with Gasteiger partial charge < -0.3 is 19.8 Å². The molecule has 10 heteroatoms. The number of carbonyl (C=O) groups excluding carboxylic acids is 2. The van der Waals surface area contributed by atoms with Crippen molar-refractivity contribution in [2.75, 3.05) is 31.6 Å². The normalized spacial score (nSPS) is 15.7. The molecule has 0 unspecified atom stereocenters. The quantitative estimate of drug-likeness (QED) is 0.519. The molecule has 0 radical (unpaired) electrons. The molecule has 2 N–H and O–H groups in total. The zero-order chi connectivity index (χ0) is 24.5. The highest BCUT2D eigenvalue weighted by Gasteiger charge is 2.29. The van der Waals surface area contributed by atoms with Gasteiger partial charge in [-0.2, -0.15) is 4.31 Å². The molecule has 1 aromatic heterocycles. The summed E-state index contributed by atoms with van der Waals surface area (Å²) in [6, 6.07) is 12.0. The highest BCUT2D eigenvalue weighted by molar-refractivity contribution is 7.89. The number of hydrogen-bond acceptors (Lipinski definition) is 6. The number of aryl methyl sites for hydroxylation is 2. The largest absolute Gasteiger partial charge is 0.449 e. The first-order chi connectivity index (χ1) is 16.2. The van der Waals surface area contributed by atoms with E-state index in [4.69, 9.17) is 9.47 Å². The number of nitrogens with one attached hydrogen (secondary N) is 2. The van der Waals surface area contributed by atoms with Crippen LogP contribution in [-0.2, 0) is 24.3 Å². The SMILES string of the molecule is Cc1ccc(NC(=O)[C@@H](C)OC(=O)c2c(C)[nH]c3ccccc23)cc1S(=O)(=O)N1CCOCC1. The lowest BCUT2D eigenvalue weighted by molar-refractivity contribution is -0.123. The van der Waals surface area contributed by atoms with E-state index in [2.05, 4.69) is 10.3 Å². The molecule has 0 spiro atoms. The van der Waals surface area contributed by atoms with E-state index >= 15 is 0 Å². The summed E-state index contributed by atoms with van der Waals surface area (Å²) in [4.78, 5) is 28.8. The fourth-order valence-corrected chi connectivity index (χ4v) is 5.60. The predicted molar refractivity (Wildman–Crippen MR) is 127 cm³/mol. The summed E-state index contributed by atoms with van der Waals surface area (Å²) in [5.41, 5.74) is 2.70. The van der Waals surface area contributed by atoms with E-state index in [1.54, 1.807) is 26.0 Å². The van der Waals surface area contributed by atoms with Gasteiger partial charge in [0.15, 0.2) is 6.10 Å². The number of aromatic nitrogens is 1. The molecule has 1 aliphatic rings. The first kappa shape index (κ1) is 23.9. The van der Waals surface area contributed by atoms with Crippen LogP contribution in [0.3, 0.4) is 0 Å². The van der Waals surface area contributed by atoms with Gasteiger partial charge in [-0.25, -0.2) is 13.2 Å². The van der Waals surface area contributed by atoms with Crippen LogP contribution in [0.25, 0.3) is 10.9 Å². The Hall–Kier alpha value is -3.21. The van der Waals surface area contributed by atoms with Gasteiger partial charge in [-0.05, 0) is 44.5 Å². The summed E-state index contributed by atoms with van der Waals surface area (Å²) in [6.45, 7) is 6.17. The zero-order valence-electron chi connectivity index (χ0n) is 19.3. The number of ether oxygens (including phenoxy) is 2. The monoisotopic (exact) mass is 485 g/mol. The molecule has 1 saturated heterocycles. The maximum Gasteiger partial charge on any atom is 0.341 e. The fraction of sp³-hybridized carbons (Fsp3) is 0.333. The standard InChI is InChI=1S/C24H27N3O6S/c1-15-8-9-18(14-21(15)34(30,31)27-10-12-32-13-11-27)26-23(28)17(3)33-24(29)22-16(2)25-20-7-5-4-6-19(20)22/h4-9,14,17,25H,10-13H2,1-3H3,(H,26,28)/t17-/m1/s1. The number of morpholine rings is 1. The number of fused-ring (bicyclic) bond motifs is 1. The maximum absolute atomic E-state index is 13.1. The Morgan fingerprint density at radius 2 is 1.82 bits per heavy atom. The van der Waals surface area contributed by atoms with Crippen molar-refractivity contribution in [3.05, 3.63) is 59.3 Å². The van der Waals surface area contributed by atoms with Crippen LogP contribution in [0.15, 0.2) is 47.4 Å².